The monoisotopic (exact) mass is 192 g/mol. The van der Waals surface area contributed by atoms with E-state index in [0.717, 1.165) is 4.90 Å². The van der Waals surface area contributed by atoms with Crippen molar-refractivity contribution in [3.63, 3.8) is 0 Å². The molecular weight excluding hydrogens is 180 g/mol. The fourth-order valence-corrected chi connectivity index (χ4v) is 0.610. The summed E-state index contributed by atoms with van der Waals surface area (Å²) in [6.07, 6.45) is -0.615. The van der Waals surface area contributed by atoms with Crippen LogP contribution in [-0.4, -0.2) is 35.9 Å². The predicted molar refractivity (Wildman–Crippen MR) is 46.8 cm³/mol. The molecule has 0 fully saturated rings. The molecule has 5 nitrogen and oxygen atoms in total. The summed E-state index contributed by atoms with van der Waals surface area (Å²) in [5.41, 5.74) is 4.91. The number of carbonyl (C=O) groups excluding carboxylic acids is 2. The van der Waals surface area contributed by atoms with E-state index < -0.39 is 17.4 Å². The standard InChI is InChI=1S/C6H12N2O3S/c1-3-11-6(10)8(2)5(12)4(7)9/h5,12H,3H2,1-2H3,(H2,7,9). The Kier molecular flexibility index (Phi) is 4.50. The van der Waals surface area contributed by atoms with Crippen LogP contribution in [0.5, 0.6) is 0 Å². The molecule has 2 amide bonds. The Morgan fingerprint density at radius 2 is 2.17 bits per heavy atom. The van der Waals surface area contributed by atoms with Crippen LogP contribution in [0.25, 0.3) is 0 Å². The minimum Gasteiger partial charge on any atom is -0.450 e. The summed E-state index contributed by atoms with van der Waals surface area (Å²) in [6.45, 7) is 1.92. The quantitative estimate of drug-likeness (QED) is 0.481. The van der Waals surface area contributed by atoms with E-state index in [-0.39, 0.29) is 6.61 Å². The van der Waals surface area contributed by atoms with E-state index in [1.807, 2.05) is 0 Å². The maximum absolute atomic E-state index is 10.9. The van der Waals surface area contributed by atoms with E-state index in [0.29, 0.717) is 0 Å². The van der Waals surface area contributed by atoms with Gasteiger partial charge in [0.05, 0.1) is 6.61 Å². The zero-order valence-corrected chi connectivity index (χ0v) is 7.88. The molecule has 0 bridgehead atoms. The predicted octanol–water partition coefficient (Wildman–Crippen LogP) is -0.184. The SMILES string of the molecule is CCOC(=O)N(C)C(S)C(N)=O. The van der Waals surface area contributed by atoms with Gasteiger partial charge in [-0.1, -0.05) is 0 Å². The highest BCUT2D eigenvalue weighted by Gasteiger charge is 2.21. The lowest BCUT2D eigenvalue weighted by atomic mass is 10.5. The first-order chi connectivity index (χ1) is 5.50. The molecule has 0 radical (unpaired) electrons. The summed E-state index contributed by atoms with van der Waals surface area (Å²) >= 11 is 3.80. The number of amides is 2. The molecule has 0 saturated carbocycles. The molecule has 6 heteroatoms. The summed E-state index contributed by atoms with van der Waals surface area (Å²) in [5.74, 6) is -0.686. The second-order valence-electron chi connectivity index (χ2n) is 2.09. The van der Waals surface area contributed by atoms with Crippen molar-refractivity contribution < 1.29 is 14.3 Å². The van der Waals surface area contributed by atoms with Crippen molar-refractivity contribution in [2.75, 3.05) is 13.7 Å². The molecule has 12 heavy (non-hydrogen) atoms. The third-order valence-corrected chi connectivity index (χ3v) is 1.78. The summed E-state index contributed by atoms with van der Waals surface area (Å²) in [6, 6.07) is 0. The van der Waals surface area contributed by atoms with Gasteiger partial charge in [-0.2, -0.15) is 0 Å². The normalized spacial score (nSPS) is 11.9. The molecule has 0 aliphatic carbocycles. The molecular formula is C6H12N2O3S. The lowest BCUT2D eigenvalue weighted by molar-refractivity contribution is -0.119. The van der Waals surface area contributed by atoms with Crippen molar-refractivity contribution >= 4 is 24.6 Å². The molecule has 0 rings (SSSR count). The molecule has 0 aliphatic heterocycles. The highest BCUT2D eigenvalue weighted by atomic mass is 32.1. The van der Waals surface area contributed by atoms with E-state index in [1.165, 1.54) is 7.05 Å². The van der Waals surface area contributed by atoms with Crippen molar-refractivity contribution in [3.8, 4) is 0 Å². The van der Waals surface area contributed by atoms with Crippen LogP contribution in [0.3, 0.4) is 0 Å². The summed E-state index contributed by atoms with van der Waals surface area (Å²) in [5, 5.41) is -0.941. The highest BCUT2D eigenvalue weighted by molar-refractivity contribution is 7.81. The van der Waals surface area contributed by atoms with Gasteiger partial charge in [-0.3, -0.25) is 9.69 Å². The molecule has 70 valence electrons. The van der Waals surface area contributed by atoms with Crippen molar-refractivity contribution in [1.82, 2.24) is 4.90 Å². The van der Waals surface area contributed by atoms with Crippen LogP contribution in [0.1, 0.15) is 6.92 Å². The smallest absolute Gasteiger partial charge is 0.410 e. The van der Waals surface area contributed by atoms with Gasteiger partial charge in [-0.15, -0.1) is 12.6 Å². The third kappa shape index (κ3) is 3.00. The minimum atomic E-state index is -0.941. The van der Waals surface area contributed by atoms with Gasteiger partial charge in [0.1, 0.15) is 0 Å². The molecule has 0 spiro atoms. The summed E-state index contributed by atoms with van der Waals surface area (Å²) in [7, 11) is 1.39. The van der Waals surface area contributed by atoms with Crippen molar-refractivity contribution in [3.05, 3.63) is 0 Å². The number of carbonyl (C=O) groups is 2. The number of likely N-dealkylation sites (N-methyl/N-ethyl adjacent to an activating group) is 1. The number of nitrogens with two attached hydrogens (primary N) is 1. The Balaban J connectivity index is 4.09. The molecule has 1 unspecified atom stereocenters. The third-order valence-electron chi connectivity index (χ3n) is 1.18. The fourth-order valence-electron chi connectivity index (χ4n) is 0.516. The Hall–Kier alpha value is -0.910. The molecule has 0 heterocycles. The number of ether oxygens (including phenoxy) is 1. The van der Waals surface area contributed by atoms with Crippen LogP contribution in [0.2, 0.25) is 0 Å². The van der Waals surface area contributed by atoms with Crippen LogP contribution >= 0.6 is 12.6 Å². The van der Waals surface area contributed by atoms with E-state index in [1.54, 1.807) is 6.92 Å². The van der Waals surface area contributed by atoms with Gasteiger partial charge in [0.15, 0.2) is 5.37 Å². The molecule has 0 saturated heterocycles. The van der Waals surface area contributed by atoms with Crippen LogP contribution in [-0.2, 0) is 9.53 Å². The molecule has 0 aromatic heterocycles. The Labute approximate surface area is 76.3 Å². The number of nitrogens with zero attached hydrogens (tertiary/aromatic N) is 1. The number of rotatable bonds is 3. The second-order valence-corrected chi connectivity index (χ2v) is 2.58. The average Bonchev–Trinajstić information content (AvgIpc) is 2.02. The zero-order valence-electron chi connectivity index (χ0n) is 6.98. The molecule has 0 aliphatic rings. The molecule has 2 N–H and O–H groups in total. The highest BCUT2D eigenvalue weighted by Crippen LogP contribution is 2.02. The van der Waals surface area contributed by atoms with Gasteiger partial charge in [-0.25, -0.2) is 4.79 Å². The maximum Gasteiger partial charge on any atom is 0.410 e. The number of thiol groups is 1. The number of hydrogen-bond acceptors (Lipinski definition) is 4. The van der Waals surface area contributed by atoms with Crippen molar-refractivity contribution in [1.29, 1.82) is 0 Å². The second kappa shape index (κ2) is 4.87. The lowest BCUT2D eigenvalue weighted by Crippen LogP contribution is -2.42. The summed E-state index contributed by atoms with van der Waals surface area (Å²) < 4.78 is 4.61. The largest absolute Gasteiger partial charge is 0.450 e. The Morgan fingerprint density at radius 3 is 2.50 bits per heavy atom. The van der Waals surface area contributed by atoms with Gasteiger partial charge >= 0.3 is 6.09 Å². The van der Waals surface area contributed by atoms with Crippen molar-refractivity contribution in [2.45, 2.75) is 12.3 Å². The van der Waals surface area contributed by atoms with Crippen LogP contribution < -0.4 is 5.73 Å². The average molecular weight is 192 g/mol. The van der Waals surface area contributed by atoms with Gasteiger partial charge in [0.2, 0.25) is 0 Å². The first kappa shape index (κ1) is 11.1. The van der Waals surface area contributed by atoms with Crippen molar-refractivity contribution in [2.24, 2.45) is 5.73 Å². The number of primary amides is 1. The topological polar surface area (TPSA) is 72.6 Å². The maximum atomic E-state index is 10.9. The van der Waals surface area contributed by atoms with Crippen LogP contribution in [0, 0.1) is 0 Å². The summed E-state index contributed by atoms with van der Waals surface area (Å²) in [4.78, 5) is 22.5. The van der Waals surface area contributed by atoms with Gasteiger partial charge in [-0.05, 0) is 6.92 Å². The van der Waals surface area contributed by atoms with Crippen LogP contribution in [0.4, 0.5) is 4.79 Å². The first-order valence-corrected chi connectivity index (χ1v) is 3.89. The zero-order chi connectivity index (χ0) is 9.72. The fraction of sp³-hybridized carbons (Fsp3) is 0.667. The molecule has 1 atom stereocenters. The lowest BCUT2D eigenvalue weighted by Gasteiger charge is -2.20. The van der Waals surface area contributed by atoms with Gasteiger partial charge in [0, 0.05) is 7.05 Å². The number of hydrogen-bond donors (Lipinski definition) is 2. The molecule has 0 aromatic rings. The van der Waals surface area contributed by atoms with E-state index >= 15 is 0 Å². The Morgan fingerprint density at radius 1 is 1.67 bits per heavy atom. The van der Waals surface area contributed by atoms with E-state index in [4.69, 9.17) is 5.73 Å². The van der Waals surface area contributed by atoms with Crippen LogP contribution in [0.15, 0.2) is 0 Å². The Bertz CT molecular complexity index is 186. The molecule has 0 aromatic carbocycles. The minimum absolute atomic E-state index is 0.252. The van der Waals surface area contributed by atoms with E-state index in [9.17, 15) is 9.59 Å². The first-order valence-electron chi connectivity index (χ1n) is 3.37. The van der Waals surface area contributed by atoms with Gasteiger partial charge in [0.25, 0.3) is 5.91 Å². The van der Waals surface area contributed by atoms with E-state index in [2.05, 4.69) is 17.4 Å². The van der Waals surface area contributed by atoms with Gasteiger partial charge < -0.3 is 10.5 Å².